The molecular weight excluding hydrogens is 352 g/mol. The highest BCUT2D eigenvalue weighted by Gasteiger charge is 2.06. The van der Waals surface area contributed by atoms with E-state index in [1.807, 2.05) is 24.3 Å². The molecule has 0 amide bonds. The fourth-order valence-corrected chi connectivity index (χ4v) is 2.01. The van der Waals surface area contributed by atoms with Gasteiger partial charge in [0.25, 0.3) is 0 Å². The fourth-order valence-electron chi connectivity index (χ4n) is 1.27. The van der Waals surface area contributed by atoms with Crippen LogP contribution in [0, 0.1) is 3.57 Å². The Hall–Kier alpha value is -0.850. The zero-order valence-electron chi connectivity index (χ0n) is 8.73. The molecule has 0 bridgehead atoms. The Morgan fingerprint density at radius 1 is 1.35 bits per heavy atom. The second kappa shape index (κ2) is 5.66. The molecule has 0 radical (unpaired) electrons. The first-order valence-electron chi connectivity index (χ1n) is 4.88. The van der Waals surface area contributed by atoms with Crippen LogP contribution in [0.25, 0.3) is 0 Å². The lowest BCUT2D eigenvalue weighted by atomic mass is 10.3. The van der Waals surface area contributed by atoms with Gasteiger partial charge in [0.2, 0.25) is 5.88 Å². The van der Waals surface area contributed by atoms with Crippen LogP contribution in [0.2, 0.25) is 5.02 Å². The van der Waals surface area contributed by atoms with E-state index in [-0.39, 0.29) is 6.61 Å². The van der Waals surface area contributed by atoms with E-state index in [2.05, 4.69) is 27.6 Å². The monoisotopic (exact) mass is 361 g/mol. The Morgan fingerprint density at radius 3 is 2.82 bits per heavy atom. The molecule has 17 heavy (non-hydrogen) atoms. The number of aromatic nitrogens is 1. The molecule has 3 nitrogen and oxygen atoms in total. The number of hydrogen-bond acceptors (Lipinski definition) is 3. The van der Waals surface area contributed by atoms with Crippen LogP contribution >= 0.6 is 34.2 Å². The molecule has 0 saturated carbocycles. The predicted molar refractivity (Wildman–Crippen MR) is 74.4 cm³/mol. The summed E-state index contributed by atoms with van der Waals surface area (Å²) in [6.45, 7) is -0.0871. The van der Waals surface area contributed by atoms with Crippen molar-refractivity contribution in [3.8, 4) is 11.6 Å². The first kappa shape index (κ1) is 12.6. The van der Waals surface area contributed by atoms with E-state index in [0.717, 1.165) is 3.57 Å². The topological polar surface area (TPSA) is 42.4 Å². The van der Waals surface area contributed by atoms with Crippen LogP contribution in [-0.4, -0.2) is 10.1 Å². The van der Waals surface area contributed by atoms with Gasteiger partial charge in [-0.3, -0.25) is 0 Å². The maximum Gasteiger partial charge on any atom is 0.238 e. The van der Waals surface area contributed by atoms with Crippen molar-refractivity contribution in [2.24, 2.45) is 0 Å². The minimum atomic E-state index is -0.0871. The second-order valence-corrected chi connectivity index (χ2v) is 5.00. The van der Waals surface area contributed by atoms with Gasteiger partial charge in [0.05, 0.1) is 6.61 Å². The van der Waals surface area contributed by atoms with Crippen molar-refractivity contribution < 1.29 is 9.84 Å². The van der Waals surface area contributed by atoms with Crippen LogP contribution in [0.15, 0.2) is 36.5 Å². The molecule has 1 aromatic carbocycles. The highest BCUT2D eigenvalue weighted by molar-refractivity contribution is 14.1. The van der Waals surface area contributed by atoms with E-state index in [0.29, 0.717) is 22.2 Å². The summed E-state index contributed by atoms with van der Waals surface area (Å²) in [6.07, 6.45) is 1.54. The Balaban J connectivity index is 2.24. The van der Waals surface area contributed by atoms with Crippen LogP contribution in [0.5, 0.6) is 11.6 Å². The molecule has 1 heterocycles. The third-order valence-electron chi connectivity index (χ3n) is 2.06. The number of nitrogens with zero attached hydrogens (tertiary/aromatic N) is 1. The summed E-state index contributed by atoms with van der Waals surface area (Å²) in [5.41, 5.74) is 0.657. The van der Waals surface area contributed by atoms with Gasteiger partial charge in [-0.15, -0.1) is 0 Å². The van der Waals surface area contributed by atoms with E-state index in [1.165, 1.54) is 6.20 Å². The van der Waals surface area contributed by atoms with Gasteiger partial charge in [-0.25, -0.2) is 4.98 Å². The first-order chi connectivity index (χ1) is 8.19. The Bertz CT molecular complexity index is 534. The molecule has 0 aliphatic heterocycles. The van der Waals surface area contributed by atoms with Crippen molar-refractivity contribution in [3.63, 3.8) is 0 Å². The average Bonchev–Trinajstić information content (AvgIpc) is 2.32. The molecule has 0 aliphatic rings. The van der Waals surface area contributed by atoms with Crippen molar-refractivity contribution in [2.45, 2.75) is 6.61 Å². The van der Waals surface area contributed by atoms with Gasteiger partial charge in [0, 0.05) is 9.77 Å². The zero-order chi connectivity index (χ0) is 12.3. The van der Waals surface area contributed by atoms with Crippen molar-refractivity contribution in [1.82, 2.24) is 4.98 Å². The maximum absolute atomic E-state index is 8.94. The van der Waals surface area contributed by atoms with Crippen LogP contribution in [0.4, 0.5) is 0 Å². The van der Waals surface area contributed by atoms with E-state index >= 15 is 0 Å². The molecule has 1 N–H and O–H groups in total. The summed E-state index contributed by atoms with van der Waals surface area (Å²) >= 11 is 8.20. The normalized spacial score (nSPS) is 10.3. The number of benzene rings is 1. The summed E-state index contributed by atoms with van der Waals surface area (Å²) in [6, 6.07) is 9.22. The standard InChI is InChI=1S/C12H9ClINO2/c13-11-4-8(7-16)6-15-12(11)17-10-3-1-2-9(14)5-10/h1-6,16H,7H2. The molecule has 0 saturated heterocycles. The summed E-state index contributed by atoms with van der Waals surface area (Å²) in [5.74, 6) is 1.02. The average molecular weight is 362 g/mol. The highest BCUT2D eigenvalue weighted by atomic mass is 127. The summed E-state index contributed by atoms with van der Waals surface area (Å²) in [7, 11) is 0. The van der Waals surface area contributed by atoms with E-state index in [1.54, 1.807) is 6.07 Å². The van der Waals surface area contributed by atoms with Gasteiger partial charge in [-0.1, -0.05) is 17.7 Å². The number of rotatable bonds is 3. The molecule has 1 aromatic heterocycles. The number of halogens is 2. The van der Waals surface area contributed by atoms with Gasteiger partial charge in [0.15, 0.2) is 0 Å². The maximum atomic E-state index is 8.94. The van der Waals surface area contributed by atoms with E-state index < -0.39 is 0 Å². The Labute approximate surface area is 118 Å². The molecule has 5 heteroatoms. The second-order valence-electron chi connectivity index (χ2n) is 3.35. The summed E-state index contributed by atoms with van der Waals surface area (Å²) < 4.78 is 6.63. The molecule has 2 aromatic rings. The minimum absolute atomic E-state index is 0.0871. The van der Waals surface area contributed by atoms with Crippen molar-refractivity contribution in [3.05, 3.63) is 50.7 Å². The number of ether oxygens (including phenoxy) is 1. The predicted octanol–water partition coefficient (Wildman–Crippen LogP) is 3.62. The highest BCUT2D eigenvalue weighted by Crippen LogP contribution is 2.28. The zero-order valence-corrected chi connectivity index (χ0v) is 11.6. The summed E-state index contributed by atoms with van der Waals surface area (Å²) in [4.78, 5) is 4.06. The number of hydrogen-bond donors (Lipinski definition) is 1. The smallest absolute Gasteiger partial charge is 0.238 e. The van der Waals surface area contributed by atoms with E-state index in [4.69, 9.17) is 21.4 Å². The van der Waals surface area contributed by atoms with Gasteiger partial charge in [-0.05, 0) is 52.4 Å². The molecule has 0 unspecified atom stereocenters. The molecule has 0 fully saturated rings. The van der Waals surface area contributed by atoms with Gasteiger partial charge >= 0.3 is 0 Å². The van der Waals surface area contributed by atoms with Crippen molar-refractivity contribution in [1.29, 1.82) is 0 Å². The quantitative estimate of drug-likeness (QED) is 0.849. The first-order valence-corrected chi connectivity index (χ1v) is 6.33. The number of pyridine rings is 1. The lowest BCUT2D eigenvalue weighted by Crippen LogP contribution is -1.92. The van der Waals surface area contributed by atoms with E-state index in [9.17, 15) is 0 Å². The Kier molecular flexibility index (Phi) is 4.20. The van der Waals surface area contributed by atoms with Crippen LogP contribution in [-0.2, 0) is 6.61 Å². The van der Waals surface area contributed by atoms with Crippen molar-refractivity contribution >= 4 is 34.2 Å². The lowest BCUT2D eigenvalue weighted by Gasteiger charge is -2.07. The summed E-state index contributed by atoms with van der Waals surface area (Å²) in [5, 5.41) is 9.32. The minimum Gasteiger partial charge on any atom is -0.438 e. The molecule has 0 spiro atoms. The third kappa shape index (κ3) is 3.31. The molecule has 2 rings (SSSR count). The molecule has 0 aliphatic carbocycles. The van der Waals surface area contributed by atoms with Gasteiger partial charge < -0.3 is 9.84 Å². The number of aliphatic hydroxyl groups excluding tert-OH is 1. The largest absolute Gasteiger partial charge is 0.438 e. The van der Waals surface area contributed by atoms with Gasteiger partial charge in [-0.2, -0.15) is 0 Å². The van der Waals surface area contributed by atoms with Crippen LogP contribution < -0.4 is 4.74 Å². The third-order valence-corrected chi connectivity index (χ3v) is 3.00. The number of aliphatic hydroxyl groups is 1. The molecule has 88 valence electrons. The van der Waals surface area contributed by atoms with Gasteiger partial charge in [0.1, 0.15) is 10.8 Å². The molecule has 0 atom stereocenters. The fraction of sp³-hybridized carbons (Fsp3) is 0.0833. The SMILES string of the molecule is OCc1cnc(Oc2cccc(I)c2)c(Cl)c1. The lowest BCUT2D eigenvalue weighted by molar-refractivity contribution is 0.281. The Morgan fingerprint density at radius 2 is 2.18 bits per heavy atom. The van der Waals surface area contributed by atoms with Crippen molar-refractivity contribution in [2.75, 3.05) is 0 Å². The molecular formula is C12H9ClINO2. The van der Waals surface area contributed by atoms with Crippen LogP contribution in [0.3, 0.4) is 0 Å². The van der Waals surface area contributed by atoms with Crippen LogP contribution in [0.1, 0.15) is 5.56 Å².